The van der Waals surface area contributed by atoms with Crippen molar-refractivity contribution in [3.63, 3.8) is 0 Å². The first-order chi connectivity index (χ1) is 7.81. The van der Waals surface area contributed by atoms with Gasteiger partial charge in [0.15, 0.2) is 0 Å². The van der Waals surface area contributed by atoms with Gasteiger partial charge in [0.1, 0.15) is 0 Å². The van der Waals surface area contributed by atoms with Crippen LogP contribution in [0.4, 0.5) is 0 Å². The monoisotopic (exact) mass is 224 g/mol. The van der Waals surface area contributed by atoms with E-state index in [-0.39, 0.29) is 0 Å². The van der Waals surface area contributed by atoms with Gasteiger partial charge >= 0.3 is 0 Å². The minimum absolute atomic E-state index is 0.703. The molecular formula is C14H28N2. The summed E-state index contributed by atoms with van der Waals surface area (Å²) in [7, 11) is 0. The van der Waals surface area contributed by atoms with E-state index in [2.05, 4.69) is 43.2 Å². The first-order valence-electron chi connectivity index (χ1n) is 6.77. The molecule has 0 aliphatic carbocycles. The minimum Gasteiger partial charge on any atom is -0.298 e. The molecule has 0 bridgehead atoms. The molecule has 0 radical (unpaired) electrons. The molecule has 0 N–H and O–H groups in total. The Kier molecular flexibility index (Phi) is 11.9. The molecule has 16 heavy (non-hydrogen) atoms. The van der Waals surface area contributed by atoms with Crippen molar-refractivity contribution in [2.24, 2.45) is 15.9 Å². The van der Waals surface area contributed by atoms with Crippen LogP contribution in [0, 0.1) is 5.92 Å². The van der Waals surface area contributed by atoms with E-state index >= 15 is 0 Å². The topological polar surface area (TPSA) is 24.7 Å². The lowest BCUT2D eigenvalue weighted by molar-refractivity contribution is 0.527. The van der Waals surface area contributed by atoms with Crippen LogP contribution < -0.4 is 0 Å². The molecule has 2 heteroatoms. The van der Waals surface area contributed by atoms with Crippen molar-refractivity contribution in [1.82, 2.24) is 0 Å². The molecule has 0 rings (SSSR count). The van der Waals surface area contributed by atoms with Crippen LogP contribution in [0.25, 0.3) is 0 Å². The van der Waals surface area contributed by atoms with Gasteiger partial charge in [-0.15, -0.1) is 0 Å². The molecule has 2 nitrogen and oxygen atoms in total. The summed E-state index contributed by atoms with van der Waals surface area (Å²) in [6.45, 7) is 8.62. The Balaban J connectivity index is 3.32. The Bertz CT molecular complexity index is 185. The molecule has 0 fully saturated rings. The van der Waals surface area contributed by atoms with Crippen molar-refractivity contribution < 1.29 is 0 Å². The van der Waals surface area contributed by atoms with Crippen LogP contribution in [-0.4, -0.2) is 25.5 Å². The Morgan fingerprint density at radius 1 is 1.00 bits per heavy atom. The van der Waals surface area contributed by atoms with Crippen molar-refractivity contribution >= 4 is 12.4 Å². The lowest BCUT2D eigenvalue weighted by Gasteiger charge is -2.06. The number of hydrogen-bond acceptors (Lipinski definition) is 2. The van der Waals surface area contributed by atoms with Gasteiger partial charge in [-0.1, -0.05) is 33.6 Å². The zero-order valence-electron chi connectivity index (χ0n) is 11.3. The predicted octanol–water partition coefficient (Wildman–Crippen LogP) is 4.14. The third-order valence-corrected chi connectivity index (χ3v) is 2.49. The molecule has 1 unspecified atom stereocenters. The minimum atomic E-state index is 0.703. The maximum absolute atomic E-state index is 4.43. The Morgan fingerprint density at radius 3 is 2.25 bits per heavy atom. The highest BCUT2D eigenvalue weighted by atomic mass is 14.7. The second-order valence-electron chi connectivity index (χ2n) is 4.46. The van der Waals surface area contributed by atoms with Crippen LogP contribution >= 0.6 is 0 Å². The number of hydrogen-bond donors (Lipinski definition) is 0. The molecule has 0 heterocycles. The van der Waals surface area contributed by atoms with Gasteiger partial charge in [-0.05, 0) is 44.0 Å². The van der Waals surface area contributed by atoms with Crippen LogP contribution in [0.2, 0.25) is 0 Å². The molecule has 0 amide bonds. The maximum atomic E-state index is 4.43. The van der Waals surface area contributed by atoms with Crippen molar-refractivity contribution in [2.45, 2.75) is 59.3 Å². The summed E-state index contributed by atoms with van der Waals surface area (Å²) in [6.07, 6.45) is 11.2. The van der Waals surface area contributed by atoms with E-state index < -0.39 is 0 Å². The Labute approximate surface area is 101 Å². The van der Waals surface area contributed by atoms with Gasteiger partial charge in [-0.3, -0.25) is 9.98 Å². The number of aliphatic imine (C=N–C) groups is 2. The summed E-state index contributed by atoms with van der Waals surface area (Å²) in [5.74, 6) is 0.703. The van der Waals surface area contributed by atoms with Crippen LogP contribution in [0.1, 0.15) is 59.3 Å². The highest BCUT2D eigenvalue weighted by Gasteiger charge is 1.98. The molecule has 0 aromatic rings. The van der Waals surface area contributed by atoms with Gasteiger partial charge in [0.25, 0.3) is 0 Å². The molecule has 0 aliphatic rings. The second kappa shape index (κ2) is 12.4. The normalized spacial score (nSPS) is 13.9. The van der Waals surface area contributed by atoms with Gasteiger partial charge in [-0.2, -0.15) is 0 Å². The average molecular weight is 224 g/mol. The van der Waals surface area contributed by atoms with E-state index in [1.807, 2.05) is 0 Å². The fourth-order valence-corrected chi connectivity index (χ4v) is 1.41. The Morgan fingerprint density at radius 2 is 1.62 bits per heavy atom. The van der Waals surface area contributed by atoms with Crippen LogP contribution in [0.3, 0.4) is 0 Å². The lowest BCUT2D eigenvalue weighted by atomic mass is 10.1. The van der Waals surface area contributed by atoms with Gasteiger partial charge in [0, 0.05) is 13.1 Å². The largest absolute Gasteiger partial charge is 0.298 e. The highest BCUT2D eigenvalue weighted by Crippen LogP contribution is 2.05. The molecule has 0 spiro atoms. The number of rotatable bonds is 10. The summed E-state index contributed by atoms with van der Waals surface area (Å²) >= 11 is 0. The van der Waals surface area contributed by atoms with E-state index in [4.69, 9.17) is 0 Å². The fraction of sp³-hybridized carbons (Fsp3) is 0.857. The molecule has 94 valence electrons. The molecule has 0 aromatic heterocycles. The van der Waals surface area contributed by atoms with Gasteiger partial charge in [0.05, 0.1) is 0 Å². The summed E-state index contributed by atoms with van der Waals surface area (Å²) in [4.78, 5) is 8.81. The van der Waals surface area contributed by atoms with E-state index in [0.717, 1.165) is 25.9 Å². The van der Waals surface area contributed by atoms with Crippen LogP contribution in [0.5, 0.6) is 0 Å². The zero-order chi connectivity index (χ0) is 12.1. The van der Waals surface area contributed by atoms with Crippen molar-refractivity contribution in [3.8, 4) is 0 Å². The average Bonchev–Trinajstić information content (AvgIpc) is 2.29. The van der Waals surface area contributed by atoms with Crippen molar-refractivity contribution in [1.29, 1.82) is 0 Å². The highest BCUT2D eigenvalue weighted by molar-refractivity contribution is 5.57. The summed E-state index contributed by atoms with van der Waals surface area (Å²) in [6, 6.07) is 0. The van der Waals surface area contributed by atoms with E-state index in [9.17, 15) is 0 Å². The second-order valence-corrected chi connectivity index (χ2v) is 4.46. The molecule has 0 aromatic carbocycles. The van der Waals surface area contributed by atoms with E-state index in [0.29, 0.717) is 5.92 Å². The number of unbranched alkanes of at least 4 members (excludes halogenated alkanes) is 2. The molecule has 0 saturated carbocycles. The fourth-order valence-electron chi connectivity index (χ4n) is 1.41. The lowest BCUT2D eigenvalue weighted by Crippen LogP contribution is -2.00. The smallest absolute Gasteiger partial charge is 0.0411 e. The Hall–Kier alpha value is -0.660. The molecule has 1 atom stereocenters. The standard InChI is InChI=1S/C14H28N2/c1-4-6-10-15-12-8-9-14(3)13-16-11-7-5-2/h10-11,14H,4-9,12-13H2,1-3H3. The van der Waals surface area contributed by atoms with Crippen molar-refractivity contribution in [3.05, 3.63) is 0 Å². The number of nitrogens with zero attached hydrogens (tertiary/aromatic N) is 2. The first-order valence-corrected chi connectivity index (χ1v) is 6.77. The van der Waals surface area contributed by atoms with Gasteiger partial charge in [-0.25, -0.2) is 0 Å². The summed E-state index contributed by atoms with van der Waals surface area (Å²) < 4.78 is 0. The van der Waals surface area contributed by atoms with Crippen molar-refractivity contribution in [2.75, 3.05) is 13.1 Å². The first kappa shape index (κ1) is 15.3. The van der Waals surface area contributed by atoms with Crippen LogP contribution in [0.15, 0.2) is 9.98 Å². The molecular weight excluding hydrogens is 196 g/mol. The molecule has 0 aliphatic heterocycles. The SMILES string of the molecule is CCCC=NCCCC(C)CN=CCCC. The zero-order valence-corrected chi connectivity index (χ0v) is 11.3. The molecule has 0 saturated heterocycles. The van der Waals surface area contributed by atoms with Crippen LogP contribution in [-0.2, 0) is 0 Å². The third-order valence-electron chi connectivity index (χ3n) is 2.49. The maximum Gasteiger partial charge on any atom is 0.0411 e. The van der Waals surface area contributed by atoms with Gasteiger partial charge in [0.2, 0.25) is 0 Å². The summed E-state index contributed by atoms with van der Waals surface area (Å²) in [5.41, 5.74) is 0. The quantitative estimate of drug-likeness (QED) is 0.393. The summed E-state index contributed by atoms with van der Waals surface area (Å²) in [5, 5.41) is 0. The van der Waals surface area contributed by atoms with E-state index in [1.54, 1.807) is 0 Å². The predicted molar refractivity (Wildman–Crippen MR) is 74.9 cm³/mol. The van der Waals surface area contributed by atoms with Gasteiger partial charge < -0.3 is 0 Å². The van der Waals surface area contributed by atoms with E-state index in [1.165, 1.54) is 25.7 Å². The third kappa shape index (κ3) is 11.4.